The predicted octanol–water partition coefficient (Wildman–Crippen LogP) is 3.62. The largest absolute Gasteiger partial charge is 0.476 e. The predicted molar refractivity (Wildman–Crippen MR) is 94.2 cm³/mol. The van der Waals surface area contributed by atoms with Crippen molar-refractivity contribution in [1.29, 1.82) is 0 Å². The average Bonchev–Trinajstić information content (AvgIpc) is 3.29. The summed E-state index contributed by atoms with van der Waals surface area (Å²) < 4.78 is 45.4. The first-order chi connectivity index (χ1) is 13.0. The van der Waals surface area contributed by atoms with Gasteiger partial charge in [-0.05, 0) is 49.7 Å². The molecule has 9 heteroatoms. The number of benzene rings is 1. The summed E-state index contributed by atoms with van der Waals surface area (Å²) >= 11 is 0. The molecule has 0 aliphatic carbocycles. The van der Waals surface area contributed by atoms with Crippen LogP contribution in [0.5, 0.6) is 5.88 Å². The first-order valence-electron chi connectivity index (χ1n) is 8.65. The van der Waals surface area contributed by atoms with Crippen LogP contribution in [0.3, 0.4) is 0 Å². The summed E-state index contributed by atoms with van der Waals surface area (Å²) in [5.41, 5.74) is 0.352. The third kappa shape index (κ3) is 3.97. The molecule has 142 valence electrons. The number of hydrogen-bond acceptors (Lipinski definition) is 5. The maximum absolute atomic E-state index is 12.6. The van der Waals surface area contributed by atoms with Crippen molar-refractivity contribution in [2.45, 2.75) is 25.1 Å². The Hall–Kier alpha value is -2.81. The Balaban J connectivity index is 1.50. The summed E-state index contributed by atoms with van der Waals surface area (Å²) in [4.78, 5) is 4.34. The van der Waals surface area contributed by atoms with Crippen LogP contribution in [0.4, 0.5) is 24.8 Å². The molecule has 6 nitrogen and oxygen atoms in total. The number of halogens is 3. The van der Waals surface area contributed by atoms with E-state index in [2.05, 4.69) is 20.7 Å². The highest BCUT2D eigenvalue weighted by Gasteiger charge is 2.30. The van der Waals surface area contributed by atoms with Crippen LogP contribution in [0.25, 0.3) is 5.65 Å². The van der Waals surface area contributed by atoms with Crippen LogP contribution in [0, 0.1) is 0 Å². The molecule has 3 aromatic rings. The van der Waals surface area contributed by atoms with Crippen LogP contribution in [0.2, 0.25) is 0 Å². The second kappa shape index (κ2) is 7.07. The molecule has 3 heterocycles. The van der Waals surface area contributed by atoms with E-state index >= 15 is 0 Å². The van der Waals surface area contributed by atoms with Crippen LogP contribution < -0.4 is 15.4 Å². The van der Waals surface area contributed by atoms with E-state index in [9.17, 15) is 13.2 Å². The first-order valence-corrected chi connectivity index (χ1v) is 8.65. The Morgan fingerprint density at radius 3 is 2.70 bits per heavy atom. The highest BCUT2D eigenvalue weighted by molar-refractivity contribution is 5.56. The molecule has 27 heavy (non-hydrogen) atoms. The number of ether oxygens (including phenoxy) is 1. The Morgan fingerprint density at radius 2 is 2.00 bits per heavy atom. The van der Waals surface area contributed by atoms with Gasteiger partial charge in [0.1, 0.15) is 6.61 Å². The van der Waals surface area contributed by atoms with Gasteiger partial charge in [0.05, 0.1) is 5.56 Å². The number of hydrogen-bond donors (Lipinski definition) is 2. The molecule has 1 aliphatic rings. The fraction of sp³-hybridized carbons (Fsp3) is 0.333. The summed E-state index contributed by atoms with van der Waals surface area (Å²) in [5, 5.41) is 10.6. The summed E-state index contributed by atoms with van der Waals surface area (Å²) in [6, 6.07) is 10.5. The Labute approximate surface area is 153 Å². The molecule has 2 N–H and O–H groups in total. The normalized spacial score (nSPS) is 17.4. The maximum Gasteiger partial charge on any atom is 0.416 e. The number of pyridine rings is 1. The van der Waals surface area contributed by atoms with Crippen molar-refractivity contribution in [3.05, 3.63) is 48.0 Å². The van der Waals surface area contributed by atoms with Gasteiger partial charge in [0, 0.05) is 17.8 Å². The minimum absolute atomic E-state index is 0.282. The van der Waals surface area contributed by atoms with Gasteiger partial charge < -0.3 is 15.4 Å². The molecule has 0 radical (unpaired) electrons. The molecule has 1 aromatic carbocycles. The zero-order chi connectivity index (χ0) is 18.9. The number of fused-ring (bicyclic) bond motifs is 1. The van der Waals surface area contributed by atoms with E-state index < -0.39 is 11.7 Å². The van der Waals surface area contributed by atoms with E-state index in [0.717, 1.165) is 31.5 Å². The number of alkyl halides is 3. The summed E-state index contributed by atoms with van der Waals surface area (Å²) in [6.07, 6.45) is -2.14. The number of anilines is 2. The van der Waals surface area contributed by atoms with Gasteiger partial charge in [-0.2, -0.15) is 22.7 Å². The molecule has 0 spiro atoms. The Bertz CT molecular complexity index is 917. The average molecular weight is 377 g/mol. The molecule has 4 rings (SSSR count). The van der Waals surface area contributed by atoms with Crippen molar-refractivity contribution >= 4 is 17.3 Å². The summed E-state index contributed by atoms with van der Waals surface area (Å²) in [6.45, 7) is 1.55. The van der Waals surface area contributed by atoms with Crippen LogP contribution >= 0.6 is 0 Å². The Kier molecular flexibility index (Phi) is 4.61. The lowest BCUT2D eigenvalue weighted by Crippen LogP contribution is -2.28. The molecular formula is C18H18F3N5O. The summed E-state index contributed by atoms with van der Waals surface area (Å²) in [7, 11) is 0. The van der Waals surface area contributed by atoms with Gasteiger partial charge in [0.25, 0.3) is 0 Å². The van der Waals surface area contributed by atoms with Crippen LogP contribution in [-0.4, -0.2) is 33.8 Å². The molecule has 0 bridgehead atoms. The van der Waals surface area contributed by atoms with E-state index in [4.69, 9.17) is 4.74 Å². The van der Waals surface area contributed by atoms with Crippen molar-refractivity contribution in [2.24, 2.45) is 0 Å². The molecule has 2 aromatic heterocycles. The zero-order valence-corrected chi connectivity index (χ0v) is 14.3. The number of nitrogens with zero attached hydrogens (tertiary/aromatic N) is 3. The standard InChI is InChI=1S/C18H18F3N5O/c19-18(20,21)12-6-8-13(9-7-12)23-17-24-15-4-1-5-16(26(15)25-17)27-11-14-3-2-10-22-14/h1,4-9,14,22H,2-3,10-11H2,(H,23,25)/t14-/m0/s1. The SMILES string of the molecule is FC(F)(F)c1ccc(Nc2nc3cccc(OC[C@@H]4CCCN4)n3n2)cc1. The minimum Gasteiger partial charge on any atom is -0.476 e. The molecule has 0 amide bonds. The fourth-order valence-corrected chi connectivity index (χ4v) is 3.00. The van der Waals surface area contributed by atoms with E-state index in [1.54, 1.807) is 16.6 Å². The molecule has 1 saturated heterocycles. The van der Waals surface area contributed by atoms with Gasteiger partial charge >= 0.3 is 6.18 Å². The monoisotopic (exact) mass is 377 g/mol. The van der Waals surface area contributed by atoms with E-state index in [-0.39, 0.29) is 5.95 Å². The van der Waals surface area contributed by atoms with Gasteiger partial charge in [-0.3, -0.25) is 0 Å². The topological polar surface area (TPSA) is 63.5 Å². The lowest BCUT2D eigenvalue weighted by atomic mass is 10.2. The second-order valence-electron chi connectivity index (χ2n) is 6.37. The highest BCUT2D eigenvalue weighted by Crippen LogP contribution is 2.30. The summed E-state index contributed by atoms with van der Waals surface area (Å²) in [5.74, 6) is 0.846. The van der Waals surface area contributed by atoms with Crippen molar-refractivity contribution < 1.29 is 17.9 Å². The van der Waals surface area contributed by atoms with Crippen molar-refractivity contribution in [1.82, 2.24) is 19.9 Å². The number of aromatic nitrogens is 3. The third-order valence-corrected chi connectivity index (χ3v) is 4.39. The minimum atomic E-state index is -4.36. The second-order valence-corrected chi connectivity index (χ2v) is 6.37. The maximum atomic E-state index is 12.6. The number of nitrogens with one attached hydrogen (secondary N) is 2. The van der Waals surface area contributed by atoms with Gasteiger partial charge in [-0.1, -0.05) is 6.07 Å². The van der Waals surface area contributed by atoms with E-state index in [1.807, 2.05) is 6.07 Å². The van der Waals surface area contributed by atoms with Gasteiger partial charge in [0.15, 0.2) is 5.65 Å². The molecule has 0 saturated carbocycles. The highest BCUT2D eigenvalue weighted by atomic mass is 19.4. The molecule has 1 atom stereocenters. The van der Waals surface area contributed by atoms with Gasteiger partial charge in [0.2, 0.25) is 11.8 Å². The quantitative estimate of drug-likeness (QED) is 0.711. The molecule has 1 fully saturated rings. The van der Waals surface area contributed by atoms with Gasteiger partial charge in [-0.25, -0.2) is 0 Å². The van der Waals surface area contributed by atoms with Crippen molar-refractivity contribution in [3.8, 4) is 5.88 Å². The van der Waals surface area contributed by atoms with E-state index in [0.29, 0.717) is 29.9 Å². The van der Waals surface area contributed by atoms with Crippen LogP contribution in [0.15, 0.2) is 42.5 Å². The Morgan fingerprint density at radius 1 is 1.19 bits per heavy atom. The van der Waals surface area contributed by atoms with Crippen molar-refractivity contribution in [3.63, 3.8) is 0 Å². The lowest BCUT2D eigenvalue weighted by Gasteiger charge is -2.12. The molecule has 0 unspecified atom stereocenters. The molecule has 1 aliphatic heterocycles. The first kappa shape index (κ1) is 17.6. The fourth-order valence-electron chi connectivity index (χ4n) is 3.00. The lowest BCUT2D eigenvalue weighted by molar-refractivity contribution is -0.137. The molecular weight excluding hydrogens is 359 g/mol. The van der Waals surface area contributed by atoms with E-state index in [1.165, 1.54) is 12.1 Å². The smallest absolute Gasteiger partial charge is 0.416 e. The van der Waals surface area contributed by atoms with Crippen LogP contribution in [0.1, 0.15) is 18.4 Å². The third-order valence-electron chi connectivity index (χ3n) is 4.39. The van der Waals surface area contributed by atoms with Crippen LogP contribution in [-0.2, 0) is 6.18 Å². The zero-order valence-electron chi connectivity index (χ0n) is 14.3. The van der Waals surface area contributed by atoms with Crippen molar-refractivity contribution in [2.75, 3.05) is 18.5 Å². The van der Waals surface area contributed by atoms with Gasteiger partial charge in [-0.15, -0.1) is 5.10 Å². The number of rotatable bonds is 5.